The van der Waals surface area contributed by atoms with Crippen molar-refractivity contribution in [2.45, 2.75) is 13.0 Å². The van der Waals surface area contributed by atoms with Crippen LogP contribution in [-0.2, 0) is 17.8 Å². The van der Waals surface area contributed by atoms with Gasteiger partial charge in [-0.2, -0.15) is 5.10 Å². The minimum absolute atomic E-state index is 0.0641. The van der Waals surface area contributed by atoms with E-state index < -0.39 is 0 Å². The number of carbonyl (C=O) groups is 1. The molecule has 3 aromatic carbocycles. The van der Waals surface area contributed by atoms with Crippen molar-refractivity contribution in [3.05, 3.63) is 100 Å². The van der Waals surface area contributed by atoms with Crippen molar-refractivity contribution < 1.29 is 4.79 Å². The lowest BCUT2D eigenvalue weighted by molar-refractivity contribution is -0.129. The number of carbonyl (C=O) groups excluding carboxylic acids is 1. The maximum absolute atomic E-state index is 12.6. The van der Waals surface area contributed by atoms with Crippen molar-refractivity contribution >= 4 is 16.7 Å². The van der Waals surface area contributed by atoms with Crippen LogP contribution in [0.1, 0.15) is 11.1 Å². The Morgan fingerprint density at radius 2 is 1.52 bits per heavy atom. The number of hydrogen-bond donors (Lipinski definition) is 1. The number of aromatic nitrogens is 2. The SMILES string of the molecule is CN(Cc1ccccc1)C(=O)Cc1ccc(-c2n[nH]c(=O)c3ccccc23)cc1. The van der Waals surface area contributed by atoms with Crippen LogP contribution in [0.2, 0.25) is 0 Å². The maximum Gasteiger partial charge on any atom is 0.272 e. The molecule has 0 fully saturated rings. The molecule has 0 spiro atoms. The molecular formula is C24H21N3O2. The Labute approximate surface area is 168 Å². The Morgan fingerprint density at radius 3 is 2.24 bits per heavy atom. The largest absolute Gasteiger partial charge is 0.341 e. The molecule has 5 nitrogen and oxygen atoms in total. The molecule has 5 heteroatoms. The van der Waals surface area contributed by atoms with E-state index >= 15 is 0 Å². The first-order chi connectivity index (χ1) is 14.1. The third-order valence-electron chi connectivity index (χ3n) is 4.97. The first-order valence-corrected chi connectivity index (χ1v) is 9.46. The molecule has 4 aromatic rings. The number of rotatable bonds is 5. The summed E-state index contributed by atoms with van der Waals surface area (Å²) in [4.78, 5) is 26.3. The number of fused-ring (bicyclic) bond motifs is 1. The fraction of sp³-hybridized carbons (Fsp3) is 0.125. The maximum atomic E-state index is 12.6. The molecule has 0 unspecified atom stereocenters. The predicted molar refractivity (Wildman–Crippen MR) is 114 cm³/mol. The fourth-order valence-corrected chi connectivity index (χ4v) is 3.37. The molecular weight excluding hydrogens is 362 g/mol. The van der Waals surface area contributed by atoms with Gasteiger partial charge in [-0.25, -0.2) is 5.10 Å². The summed E-state index contributed by atoms with van der Waals surface area (Å²) in [6, 6.07) is 25.1. The van der Waals surface area contributed by atoms with Gasteiger partial charge in [0.2, 0.25) is 5.91 Å². The minimum atomic E-state index is -0.201. The van der Waals surface area contributed by atoms with E-state index in [1.54, 1.807) is 11.0 Å². The van der Waals surface area contributed by atoms with Gasteiger partial charge in [0.25, 0.3) is 5.56 Å². The normalized spacial score (nSPS) is 10.8. The van der Waals surface area contributed by atoms with Crippen molar-refractivity contribution in [3.8, 4) is 11.3 Å². The zero-order valence-electron chi connectivity index (χ0n) is 16.1. The summed E-state index contributed by atoms with van der Waals surface area (Å²) in [5.41, 5.74) is 3.46. The molecule has 0 saturated heterocycles. The molecule has 0 aliphatic rings. The Balaban J connectivity index is 1.51. The molecule has 1 N–H and O–H groups in total. The van der Waals surface area contributed by atoms with Gasteiger partial charge < -0.3 is 4.90 Å². The van der Waals surface area contributed by atoms with Crippen molar-refractivity contribution in [3.63, 3.8) is 0 Å². The standard InChI is InChI=1S/C24H21N3O2/c1-27(16-18-7-3-2-4-8-18)22(28)15-17-11-13-19(14-12-17)23-20-9-5-6-10-21(20)24(29)26-25-23/h2-14H,15-16H2,1H3,(H,26,29). The van der Waals surface area contributed by atoms with Gasteiger partial charge in [0.1, 0.15) is 0 Å². The number of H-pyrrole nitrogens is 1. The Kier molecular flexibility index (Phi) is 5.20. The molecule has 0 aliphatic carbocycles. The van der Waals surface area contributed by atoms with Crippen LogP contribution in [0.15, 0.2) is 83.7 Å². The number of nitrogens with one attached hydrogen (secondary N) is 1. The van der Waals surface area contributed by atoms with E-state index in [4.69, 9.17) is 0 Å². The summed E-state index contributed by atoms with van der Waals surface area (Å²) in [7, 11) is 1.82. The van der Waals surface area contributed by atoms with Crippen molar-refractivity contribution in [2.75, 3.05) is 7.05 Å². The smallest absolute Gasteiger partial charge is 0.272 e. The first-order valence-electron chi connectivity index (χ1n) is 9.46. The molecule has 144 valence electrons. The summed E-state index contributed by atoms with van der Waals surface area (Å²) in [6.45, 7) is 0.588. The van der Waals surface area contributed by atoms with E-state index in [1.807, 2.05) is 79.8 Å². The topological polar surface area (TPSA) is 66.1 Å². The molecule has 1 aromatic heterocycles. The fourth-order valence-electron chi connectivity index (χ4n) is 3.37. The number of nitrogens with zero attached hydrogens (tertiary/aromatic N) is 2. The van der Waals surface area contributed by atoms with Crippen LogP contribution in [-0.4, -0.2) is 28.1 Å². The lowest BCUT2D eigenvalue weighted by Crippen LogP contribution is -2.27. The van der Waals surface area contributed by atoms with Gasteiger partial charge in [-0.3, -0.25) is 9.59 Å². The van der Waals surface area contributed by atoms with Gasteiger partial charge in [-0.05, 0) is 17.2 Å². The van der Waals surface area contributed by atoms with E-state index in [1.165, 1.54) is 0 Å². The summed E-state index contributed by atoms with van der Waals surface area (Å²) >= 11 is 0. The zero-order chi connectivity index (χ0) is 20.2. The second-order valence-corrected chi connectivity index (χ2v) is 7.06. The van der Waals surface area contributed by atoms with E-state index in [2.05, 4.69) is 10.2 Å². The molecule has 29 heavy (non-hydrogen) atoms. The summed E-state index contributed by atoms with van der Waals surface area (Å²) in [5.74, 6) is 0.0641. The highest BCUT2D eigenvalue weighted by atomic mass is 16.2. The summed E-state index contributed by atoms with van der Waals surface area (Å²) < 4.78 is 0. The molecule has 0 atom stereocenters. The number of benzene rings is 3. The number of likely N-dealkylation sites (N-methyl/N-ethyl adjacent to an activating group) is 1. The third-order valence-corrected chi connectivity index (χ3v) is 4.97. The van der Waals surface area contributed by atoms with Crippen LogP contribution in [0.4, 0.5) is 0 Å². The van der Waals surface area contributed by atoms with Crippen LogP contribution < -0.4 is 5.56 Å². The van der Waals surface area contributed by atoms with Crippen molar-refractivity contribution in [2.24, 2.45) is 0 Å². The van der Waals surface area contributed by atoms with Gasteiger partial charge in [-0.15, -0.1) is 0 Å². The quantitative estimate of drug-likeness (QED) is 0.570. The van der Waals surface area contributed by atoms with E-state index in [9.17, 15) is 9.59 Å². The van der Waals surface area contributed by atoms with Crippen molar-refractivity contribution in [1.29, 1.82) is 0 Å². The van der Waals surface area contributed by atoms with E-state index in [0.717, 1.165) is 27.8 Å². The van der Waals surface area contributed by atoms with E-state index in [0.29, 0.717) is 18.4 Å². The van der Waals surface area contributed by atoms with Gasteiger partial charge >= 0.3 is 0 Å². The first kappa shape index (κ1) is 18.6. The Morgan fingerprint density at radius 1 is 0.862 bits per heavy atom. The minimum Gasteiger partial charge on any atom is -0.341 e. The van der Waals surface area contributed by atoms with Crippen LogP contribution >= 0.6 is 0 Å². The zero-order valence-corrected chi connectivity index (χ0v) is 16.1. The van der Waals surface area contributed by atoms with E-state index in [-0.39, 0.29) is 11.5 Å². The number of aromatic amines is 1. The average Bonchev–Trinajstić information content (AvgIpc) is 2.76. The number of hydrogen-bond acceptors (Lipinski definition) is 3. The highest BCUT2D eigenvalue weighted by Crippen LogP contribution is 2.24. The lowest BCUT2D eigenvalue weighted by atomic mass is 10.0. The number of amides is 1. The van der Waals surface area contributed by atoms with Gasteiger partial charge in [0, 0.05) is 24.5 Å². The highest BCUT2D eigenvalue weighted by Gasteiger charge is 2.12. The molecule has 0 saturated carbocycles. The van der Waals surface area contributed by atoms with Crippen LogP contribution in [0.5, 0.6) is 0 Å². The second kappa shape index (κ2) is 8.10. The van der Waals surface area contributed by atoms with Crippen LogP contribution in [0.3, 0.4) is 0 Å². The molecule has 0 aliphatic heterocycles. The molecule has 1 amide bonds. The van der Waals surface area contributed by atoms with Gasteiger partial charge in [0.05, 0.1) is 17.5 Å². The Bertz CT molecular complexity index is 1200. The summed E-state index contributed by atoms with van der Waals surface area (Å²) in [5, 5.41) is 8.21. The Hall–Kier alpha value is -3.73. The third kappa shape index (κ3) is 4.09. The van der Waals surface area contributed by atoms with Crippen molar-refractivity contribution in [1.82, 2.24) is 15.1 Å². The van der Waals surface area contributed by atoms with Gasteiger partial charge in [-0.1, -0.05) is 72.8 Å². The molecule has 0 radical (unpaired) electrons. The highest BCUT2D eigenvalue weighted by molar-refractivity contribution is 5.93. The molecule has 0 bridgehead atoms. The summed E-state index contributed by atoms with van der Waals surface area (Å²) in [6.07, 6.45) is 0.337. The lowest BCUT2D eigenvalue weighted by Gasteiger charge is -2.17. The van der Waals surface area contributed by atoms with Gasteiger partial charge in [0.15, 0.2) is 0 Å². The van der Waals surface area contributed by atoms with Crippen LogP contribution in [0, 0.1) is 0 Å². The monoisotopic (exact) mass is 383 g/mol. The van der Waals surface area contributed by atoms with Crippen LogP contribution in [0.25, 0.3) is 22.0 Å². The molecule has 1 heterocycles. The predicted octanol–water partition coefficient (Wildman–Crippen LogP) is 3.79. The average molecular weight is 383 g/mol. The second-order valence-electron chi connectivity index (χ2n) is 7.06. The molecule has 4 rings (SSSR count).